The van der Waals surface area contributed by atoms with Crippen LogP contribution in [0.5, 0.6) is 0 Å². The average Bonchev–Trinajstić information content (AvgIpc) is 1.99. The van der Waals surface area contributed by atoms with Gasteiger partial charge in [0.05, 0.1) is 0 Å². The lowest BCUT2D eigenvalue weighted by Crippen LogP contribution is -2.25. The third-order valence-electron chi connectivity index (χ3n) is 2.68. The van der Waals surface area contributed by atoms with Crippen molar-refractivity contribution in [3.63, 3.8) is 0 Å². The fourth-order valence-electron chi connectivity index (χ4n) is 1.82. The summed E-state index contributed by atoms with van der Waals surface area (Å²) >= 11 is 0. The van der Waals surface area contributed by atoms with Crippen molar-refractivity contribution in [1.82, 2.24) is 0 Å². The SMILES string of the molecule is C=CC[C@H]1CCCC(=O)[C@@H]1C. The number of carbonyl (C=O) groups excluding carboxylic acids is 1. The van der Waals surface area contributed by atoms with E-state index >= 15 is 0 Å². The molecule has 62 valence electrons. The first-order valence-corrected chi connectivity index (χ1v) is 4.39. The van der Waals surface area contributed by atoms with E-state index in [1.807, 2.05) is 6.08 Å². The van der Waals surface area contributed by atoms with E-state index < -0.39 is 0 Å². The molecule has 0 amide bonds. The number of allylic oxidation sites excluding steroid dienone is 1. The Balaban J connectivity index is 2.50. The van der Waals surface area contributed by atoms with Gasteiger partial charge in [0.1, 0.15) is 5.78 Å². The molecule has 0 aromatic rings. The molecular weight excluding hydrogens is 136 g/mol. The standard InChI is InChI=1S/C10H16O/c1-3-5-9-6-4-7-10(11)8(9)2/h3,8-9H,1,4-7H2,2H3/t8-,9+/m1/s1. The maximum Gasteiger partial charge on any atom is 0.135 e. The molecule has 1 rings (SSSR count). The van der Waals surface area contributed by atoms with Gasteiger partial charge in [-0.05, 0) is 25.2 Å². The van der Waals surface area contributed by atoms with E-state index in [4.69, 9.17) is 0 Å². The monoisotopic (exact) mass is 152 g/mol. The van der Waals surface area contributed by atoms with Gasteiger partial charge in [-0.25, -0.2) is 0 Å². The maximum atomic E-state index is 11.2. The summed E-state index contributed by atoms with van der Waals surface area (Å²) in [5.74, 6) is 1.30. The third-order valence-corrected chi connectivity index (χ3v) is 2.68. The minimum absolute atomic E-state index is 0.279. The van der Waals surface area contributed by atoms with Crippen LogP contribution in [0, 0.1) is 11.8 Å². The van der Waals surface area contributed by atoms with Crippen molar-refractivity contribution in [2.75, 3.05) is 0 Å². The highest BCUT2D eigenvalue weighted by Crippen LogP contribution is 2.29. The lowest BCUT2D eigenvalue weighted by Gasteiger charge is -2.26. The molecule has 1 nitrogen and oxygen atoms in total. The van der Waals surface area contributed by atoms with E-state index in [9.17, 15) is 4.79 Å². The minimum Gasteiger partial charge on any atom is -0.299 e. The number of hydrogen-bond donors (Lipinski definition) is 0. The molecule has 0 aliphatic heterocycles. The molecule has 0 N–H and O–H groups in total. The summed E-state index contributed by atoms with van der Waals surface area (Å²) < 4.78 is 0. The molecule has 0 saturated heterocycles. The van der Waals surface area contributed by atoms with Crippen molar-refractivity contribution < 1.29 is 4.79 Å². The summed E-state index contributed by atoms with van der Waals surface area (Å²) in [5, 5.41) is 0. The topological polar surface area (TPSA) is 17.1 Å². The smallest absolute Gasteiger partial charge is 0.135 e. The number of Topliss-reactive ketones (excluding diaryl/α,β-unsaturated/α-hetero) is 1. The summed E-state index contributed by atoms with van der Waals surface area (Å²) in [7, 11) is 0. The van der Waals surface area contributed by atoms with E-state index in [1.165, 1.54) is 6.42 Å². The van der Waals surface area contributed by atoms with Gasteiger partial charge in [0.15, 0.2) is 0 Å². The highest BCUT2D eigenvalue weighted by molar-refractivity contribution is 5.81. The second-order valence-corrected chi connectivity index (χ2v) is 3.43. The van der Waals surface area contributed by atoms with Gasteiger partial charge in [0.25, 0.3) is 0 Å². The van der Waals surface area contributed by atoms with Crippen molar-refractivity contribution in [3.8, 4) is 0 Å². The summed E-state index contributed by atoms with van der Waals surface area (Å²) in [5.41, 5.74) is 0. The lowest BCUT2D eigenvalue weighted by atomic mass is 9.78. The minimum atomic E-state index is 0.279. The Morgan fingerprint density at radius 1 is 1.73 bits per heavy atom. The van der Waals surface area contributed by atoms with Gasteiger partial charge in [-0.15, -0.1) is 6.58 Å². The second-order valence-electron chi connectivity index (χ2n) is 3.43. The maximum absolute atomic E-state index is 11.2. The third kappa shape index (κ3) is 1.92. The average molecular weight is 152 g/mol. The molecule has 1 aliphatic rings. The quantitative estimate of drug-likeness (QED) is 0.556. The Hall–Kier alpha value is -0.590. The largest absolute Gasteiger partial charge is 0.299 e. The van der Waals surface area contributed by atoms with Crippen LogP contribution < -0.4 is 0 Å². The molecule has 0 heterocycles. The van der Waals surface area contributed by atoms with Crippen LogP contribution in [-0.2, 0) is 4.79 Å². The molecule has 1 fully saturated rings. The highest BCUT2D eigenvalue weighted by Gasteiger charge is 2.26. The van der Waals surface area contributed by atoms with Crippen molar-refractivity contribution in [3.05, 3.63) is 12.7 Å². The molecule has 0 aromatic heterocycles. The first-order chi connectivity index (χ1) is 5.25. The van der Waals surface area contributed by atoms with Gasteiger partial charge in [-0.2, -0.15) is 0 Å². The van der Waals surface area contributed by atoms with Crippen LogP contribution in [0.3, 0.4) is 0 Å². The Bertz CT molecular complexity index is 160. The molecule has 2 atom stereocenters. The van der Waals surface area contributed by atoms with Gasteiger partial charge >= 0.3 is 0 Å². The molecule has 0 aromatic carbocycles. The molecule has 1 heteroatoms. The second kappa shape index (κ2) is 3.70. The summed E-state index contributed by atoms with van der Waals surface area (Å²) in [6.45, 7) is 5.75. The van der Waals surface area contributed by atoms with Crippen LogP contribution in [0.25, 0.3) is 0 Å². The zero-order chi connectivity index (χ0) is 8.27. The van der Waals surface area contributed by atoms with Crippen LogP contribution >= 0.6 is 0 Å². The van der Waals surface area contributed by atoms with Gasteiger partial charge < -0.3 is 0 Å². The molecule has 1 aliphatic carbocycles. The summed E-state index contributed by atoms with van der Waals surface area (Å²) in [6, 6.07) is 0. The predicted molar refractivity (Wildman–Crippen MR) is 46.3 cm³/mol. The predicted octanol–water partition coefficient (Wildman–Crippen LogP) is 2.57. The Morgan fingerprint density at radius 2 is 2.45 bits per heavy atom. The van der Waals surface area contributed by atoms with Gasteiger partial charge in [-0.3, -0.25) is 4.79 Å². The Kier molecular flexibility index (Phi) is 2.86. The van der Waals surface area contributed by atoms with Crippen molar-refractivity contribution >= 4 is 5.78 Å². The first kappa shape index (κ1) is 8.51. The van der Waals surface area contributed by atoms with E-state index in [-0.39, 0.29) is 5.92 Å². The van der Waals surface area contributed by atoms with Crippen LogP contribution in [0.4, 0.5) is 0 Å². The first-order valence-electron chi connectivity index (χ1n) is 4.39. The van der Waals surface area contributed by atoms with Crippen LogP contribution in [0.2, 0.25) is 0 Å². The van der Waals surface area contributed by atoms with Crippen molar-refractivity contribution in [1.29, 1.82) is 0 Å². The lowest BCUT2D eigenvalue weighted by molar-refractivity contribution is -0.125. The number of carbonyl (C=O) groups is 1. The Labute approximate surface area is 68.5 Å². The number of ketones is 1. The molecule has 11 heavy (non-hydrogen) atoms. The van der Waals surface area contributed by atoms with Gasteiger partial charge in [-0.1, -0.05) is 13.0 Å². The van der Waals surface area contributed by atoms with Gasteiger partial charge in [0, 0.05) is 12.3 Å². The molecule has 1 saturated carbocycles. The van der Waals surface area contributed by atoms with E-state index in [0.29, 0.717) is 11.7 Å². The highest BCUT2D eigenvalue weighted by atomic mass is 16.1. The molecular formula is C10H16O. The number of hydrogen-bond acceptors (Lipinski definition) is 1. The zero-order valence-electron chi connectivity index (χ0n) is 7.18. The fourth-order valence-corrected chi connectivity index (χ4v) is 1.82. The van der Waals surface area contributed by atoms with Gasteiger partial charge in [0.2, 0.25) is 0 Å². The van der Waals surface area contributed by atoms with Crippen LogP contribution in [0.1, 0.15) is 32.6 Å². The molecule has 0 unspecified atom stereocenters. The summed E-state index contributed by atoms with van der Waals surface area (Å²) in [6.07, 6.45) is 6.03. The summed E-state index contributed by atoms with van der Waals surface area (Å²) in [4.78, 5) is 11.2. The molecule has 0 bridgehead atoms. The van der Waals surface area contributed by atoms with E-state index in [1.54, 1.807) is 0 Å². The normalized spacial score (nSPS) is 31.9. The molecule has 0 spiro atoms. The zero-order valence-corrected chi connectivity index (χ0v) is 7.18. The van der Waals surface area contributed by atoms with E-state index in [2.05, 4.69) is 13.5 Å². The van der Waals surface area contributed by atoms with Crippen molar-refractivity contribution in [2.24, 2.45) is 11.8 Å². The van der Waals surface area contributed by atoms with E-state index in [0.717, 1.165) is 19.3 Å². The van der Waals surface area contributed by atoms with Crippen LogP contribution in [0.15, 0.2) is 12.7 Å². The number of rotatable bonds is 2. The fraction of sp³-hybridized carbons (Fsp3) is 0.700. The van der Waals surface area contributed by atoms with Crippen molar-refractivity contribution in [2.45, 2.75) is 32.6 Å². The molecule has 0 radical (unpaired) electrons. The van der Waals surface area contributed by atoms with Crippen LogP contribution in [-0.4, -0.2) is 5.78 Å². The Morgan fingerprint density at radius 3 is 3.09 bits per heavy atom.